The fourth-order valence-electron chi connectivity index (χ4n) is 1.74. The van der Waals surface area contributed by atoms with Gasteiger partial charge in [0, 0.05) is 11.1 Å². The Kier molecular flexibility index (Phi) is 4.47. The number of nitrogens with two attached hydrogens (primary N) is 1. The van der Waals surface area contributed by atoms with E-state index in [0.717, 1.165) is 0 Å². The van der Waals surface area contributed by atoms with Gasteiger partial charge in [-0.15, -0.1) is 0 Å². The maximum Gasteiger partial charge on any atom is 0.146 e. The SMILES string of the molecule is COc1cc(OC)c(Nc2cc(Cl)ccc2N)cc1Cl. The van der Waals surface area contributed by atoms with Gasteiger partial charge in [-0.25, -0.2) is 0 Å². The second-order valence-electron chi connectivity index (χ2n) is 4.04. The maximum absolute atomic E-state index is 6.12. The fourth-order valence-corrected chi connectivity index (χ4v) is 2.15. The summed E-state index contributed by atoms with van der Waals surface area (Å²) in [6.45, 7) is 0. The van der Waals surface area contributed by atoms with E-state index in [2.05, 4.69) is 5.32 Å². The Labute approximate surface area is 127 Å². The van der Waals surface area contributed by atoms with Crippen molar-refractivity contribution in [1.82, 2.24) is 0 Å². The lowest BCUT2D eigenvalue weighted by Crippen LogP contribution is -1.99. The lowest BCUT2D eigenvalue weighted by molar-refractivity contribution is 0.396. The van der Waals surface area contributed by atoms with Gasteiger partial charge in [-0.1, -0.05) is 23.2 Å². The van der Waals surface area contributed by atoms with E-state index in [1.54, 1.807) is 44.6 Å². The van der Waals surface area contributed by atoms with Crippen molar-refractivity contribution in [2.45, 2.75) is 0 Å². The van der Waals surface area contributed by atoms with Crippen LogP contribution in [0.1, 0.15) is 0 Å². The maximum atomic E-state index is 6.12. The smallest absolute Gasteiger partial charge is 0.146 e. The van der Waals surface area contributed by atoms with Crippen molar-refractivity contribution < 1.29 is 9.47 Å². The molecule has 0 aliphatic rings. The van der Waals surface area contributed by atoms with Crippen LogP contribution in [0.2, 0.25) is 10.0 Å². The quantitative estimate of drug-likeness (QED) is 0.825. The molecule has 0 radical (unpaired) electrons. The summed E-state index contributed by atoms with van der Waals surface area (Å²) in [5, 5.41) is 4.20. The molecule has 0 saturated heterocycles. The number of benzene rings is 2. The minimum Gasteiger partial charge on any atom is -0.495 e. The topological polar surface area (TPSA) is 56.5 Å². The van der Waals surface area contributed by atoms with Crippen LogP contribution in [0.5, 0.6) is 11.5 Å². The van der Waals surface area contributed by atoms with Crippen LogP contribution < -0.4 is 20.5 Å². The standard InChI is InChI=1S/C14H14Cl2N2O2/c1-19-13-7-14(20-2)12(6-9(13)16)18-11-5-8(15)3-4-10(11)17/h3-7,18H,17H2,1-2H3. The average Bonchev–Trinajstić information content (AvgIpc) is 2.43. The molecule has 4 nitrogen and oxygen atoms in total. The molecule has 0 bridgehead atoms. The number of hydrogen-bond donors (Lipinski definition) is 2. The molecule has 6 heteroatoms. The molecule has 2 rings (SSSR count). The first kappa shape index (κ1) is 14.6. The second kappa shape index (κ2) is 6.11. The van der Waals surface area contributed by atoms with Crippen LogP contribution in [0.3, 0.4) is 0 Å². The summed E-state index contributed by atoms with van der Waals surface area (Å²) < 4.78 is 10.5. The molecule has 0 aromatic heterocycles. The zero-order valence-electron chi connectivity index (χ0n) is 11.0. The molecule has 106 valence electrons. The number of methoxy groups -OCH3 is 2. The molecule has 0 saturated carbocycles. The minimum atomic E-state index is 0.469. The first-order valence-corrected chi connectivity index (χ1v) is 6.54. The van der Waals surface area contributed by atoms with Crippen molar-refractivity contribution in [3.63, 3.8) is 0 Å². The van der Waals surface area contributed by atoms with E-state index in [4.69, 9.17) is 38.4 Å². The van der Waals surface area contributed by atoms with Crippen LogP contribution in [-0.4, -0.2) is 14.2 Å². The number of ether oxygens (including phenoxy) is 2. The lowest BCUT2D eigenvalue weighted by Gasteiger charge is -2.15. The first-order chi connectivity index (χ1) is 9.55. The minimum absolute atomic E-state index is 0.469. The van der Waals surface area contributed by atoms with Crippen molar-refractivity contribution >= 4 is 40.3 Å². The van der Waals surface area contributed by atoms with Crippen molar-refractivity contribution in [3.05, 3.63) is 40.4 Å². The Morgan fingerprint density at radius 1 is 0.950 bits per heavy atom. The van der Waals surface area contributed by atoms with Crippen molar-refractivity contribution in [3.8, 4) is 11.5 Å². The highest BCUT2D eigenvalue weighted by molar-refractivity contribution is 6.32. The van der Waals surface area contributed by atoms with E-state index in [9.17, 15) is 0 Å². The summed E-state index contributed by atoms with van der Waals surface area (Å²) in [5.41, 5.74) is 7.83. The molecule has 0 heterocycles. The van der Waals surface area contributed by atoms with Gasteiger partial charge in [0.25, 0.3) is 0 Å². The van der Waals surface area contributed by atoms with Crippen LogP contribution in [0.25, 0.3) is 0 Å². The summed E-state index contributed by atoms with van der Waals surface area (Å²) in [5.74, 6) is 1.12. The second-order valence-corrected chi connectivity index (χ2v) is 4.89. The van der Waals surface area contributed by atoms with Crippen LogP contribution in [0, 0.1) is 0 Å². The highest BCUT2D eigenvalue weighted by atomic mass is 35.5. The number of nitrogen functional groups attached to an aromatic ring is 1. The van der Waals surface area contributed by atoms with Gasteiger partial charge in [-0.3, -0.25) is 0 Å². The van der Waals surface area contributed by atoms with E-state index in [0.29, 0.717) is 38.6 Å². The van der Waals surface area contributed by atoms with Gasteiger partial charge in [-0.2, -0.15) is 0 Å². The Bertz CT molecular complexity index is 633. The van der Waals surface area contributed by atoms with Crippen molar-refractivity contribution in [1.29, 1.82) is 0 Å². The number of rotatable bonds is 4. The number of halogens is 2. The fraction of sp³-hybridized carbons (Fsp3) is 0.143. The zero-order chi connectivity index (χ0) is 14.7. The van der Waals surface area contributed by atoms with E-state index in [1.165, 1.54) is 0 Å². The van der Waals surface area contributed by atoms with Crippen LogP contribution >= 0.6 is 23.2 Å². The number of hydrogen-bond acceptors (Lipinski definition) is 4. The van der Waals surface area contributed by atoms with Crippen LogP contribution in [0.4, 0.5) is 17.1 Å². The summed E-state index contributed by atoms with van der Waals surface area (Å²) in [6.07, 6.45) is 0. The van der Waals surface area contributed by atoms with E-state index < -0.39 is 0 Å². The molecule has 0 spiro atoms. The van der Waals surface area contributed by atoms with Gasteiger partial charge in [0.1, 0.15) is 11.5 Å². The third kappa shape index (κ3) is 3.03. The molecule has 0 aliphatic heterocycles. The van der Waals surface area contributed by atoms with Gasteiger partial charge in [0.05, 0.1) is 36.3 Å². The predicted octanol–water partition coefficient (Wildman–Crippen LogP) is 4.34. The van der Waals surface area contributed by atoms with Gasteiger partial charge in [0.15, 0.2) is 0 Å². The molecule has 0 atom stereocenters. The molecule has 2 aromatic rings. The van der Waals surface area contributed by atoms with Gasteiger partial charge >= 0.3 is 0 Å². The zero-order valence-corrected chi connectivity index (χ0v) is 12.5. The summed E-state index contributed by atoms with van der Waals surface area (Å²) in [6, 6.07) is 8.59. The molecule has 0 aliphatic carbocycles. The third-order valence-electron chi connectivity index (χ3n) is 2.76. The summed E-state index contributed by atoms with van der Waals surface area (Å²) in [4.78, 5) is 0. The largest absolute Gasteiger partial charge is 0.495 e. The van der Waals surface area contributed by atoms with E-state index in [-0.39, 0.29) is 0 Å². The summed E-state index contributed by atoms with van der Waals surface area (Å²) >= 11 is 12.1. The highest BCUT2D eigenvalue weighted by Gasteiger charge is 2.11. The molecular formula is C14H14Cl2N2O2. The van der Waals surface area contributed by atoms with Gasteiger partial charge in [-0.05, 0) is 24.3 Å². The van der Waals surface area contributed by atoms with E-state index >= 15 is 0 Å². The van der Waals surface area contributed by atoms with Gasteiger partial charge < -0.3 is 20.5 Å². The first-order valence-electron chi connectivity index (χ1n) is 5.78. The molecule has 0 amide bonds. The van der Waals surface area contributed by atoms with Crippen LogP contribution in [0.15, 0.2) is 30.3 Å². The number of anilines is 3. The average molecular weight is 313 g/mol. The Morgan fingerprint density at radius 2 is 1.65 bits per heavy atom. The van der Waals surface area contributed by atoms with E-state index in [1.807, 2.05) is 0 Å². The normalized spacial score (nSPS) is 10.2. The molecule has 3 N–H and O–H groups in total. The third-order valence-corrected chi connectivity index (χ3v) is 3.29. The van der Waals surface area contributed by atoms with Crippen LogP contribution in [-0.2, 0) is 0 Å². The molecule has 0 fully saturated rings. The van der Waals surface area contributed by atoms with Crippen molar-refractivity contribution in [2.24, 2.45) is 0 Å². The Morgan fingerprint density at radius 3 is 2.30 bits per heavy atom. The Hall–Kier alpha value is -1.78. The molecule has 20 heavy (non-hydrogen) atoms. The summed E-state index contributed by atoms with van der Waals surface area (Å²) in [7, 11) is 3.11. The highest BCUT2D eigenvalue weighted by Crippen LogP contribution is 2.38. The molecule has 2 aromatic carbocycles. The predicted molar refractivity (Wildman–Crippen MR) is 83.7 cm³/mol. The van der Waals surface area contributed by atoms with Gasteiger partial charge in [0.2, 0.25) is 0 Å². The lowest BCUT2D eigenvalue weighted by atomic mass is 10.2. The number of nitrogens with one attached hydrogen (secondary N) is 1. The Balaban J connectivity index is 2.42. The monoisotopic (exact) mass is 312 g/mol. The molecular weight excluding hydrogens is 299 g/mol. The molecule has 0 unspecified atom stereocenters. The van der Waals surface area contributed by atoms with Crippen molar-refractivity contribution in [2.75, 3.05) is 25.3 Å².